The highest BCUT2D eigenvalue weighted by Crippen LogP contribution is 2.45. The minimum Gasteiger partial charge on any atom is -0.244 e. The van der Waals surface area contributed by atoms with E-state index in [0.29, 0.717) is 5.75 Å². The van der Waals surface area contributed by atoms with E-state index >= 15 is 0 Å². The molecule has 0 fully saturated rings. The number of benzene rings is 2. The van der Waals surface area contributed by atoms with Crippen LogP contribution in [0.5, 0.6) is 0 Å². The molecule has 1 heterocycles. The maximum atomic E-state index is 13.6. The molecule has 1 aliphatic heterocycles. The van der Waals surface area contributed by atoms with Gasteiger partial charge in [-0.15, -0.1) is 0 Å². The van der Waals surface area contributed by atoms with Gasteiger partial charge in [0.05, 0.1) is 15.4 Å². The zero-order valence-corrected chi connectivity index (χ0v) is 14.5. The molecule has 116 valence electrons. The van der Waals surface area contributed by atoms with E-state index in [9.17, 15) is 4.21 Å². The Balaban J connectivity index is 2.20. The lowest BCUT2D eigenvalue weighted by molar-refractivity contribution is 0.341. The van der Waals surface area contributed by atoms with Gasteiger partial charge in [-0.1, -0.05) is 56.7 Å². The van der Waals surface area contributed by atoms with Crippen molar-refractivity contribution in [1.29, 1.82) is 0 Å². The van der Waals surface area contributed by atoms with E-state index in [1.54, 1.807) is 0 Å². The van der Waals surface area contributed by atoms with Gasteiger partial charge in [0, 0.05) is 16.6 Å². The van der Waals surface area contributed by atoms with E-state index in [0.717, 1.165) is 10.6 Å². The zero-order chi connectivity index (χ0) is 16.0. The molecule has 0 bridgehead atoms. The molecule has 2 aromatic carbocycles. The standard InChI is InChI=1S/C19H23NOS/c1-14-9-11-15(12-10-14)22(21)13-17(19(2,3)4)16-7-5-6-8-18(16)20-22/h5-12,17H,13H2,1-4H3/t17-,22?/m0/s1. The largest absolute Gasteiger partial charge is 0.244 e. The van der Waals surface area contributed by atoms with Crippen molar-refractivity contribution in [3.63, 3.8) is 0 Å². The van der Waals surface area contributed by atoms with Crippen LogP contribution in [0.25, 0.3) is 0 Å². The number of hydrogen-bond donors (Lipinski definition) is 0. The van der Waals surface area contributed by atoms with Gasteiger partial charge in [0.2, 0.25) is 0 Å². The van der Waals surface area contributed by atoms with Crippen LogP contribution in [0.4, 0.5) is 5.69 Å². The van der Waals surface area contributed by atoms with Crippen LogP contribution in [0.2, 0.25) is 0 Å². The summed E-state index contributed by atoms with van der Waals surface area (Å²) in [4.78, 5) is 0.849. The van der Waals surface area contributed by atoms with E-state index in [1.165, 1.54) is 11.1 Å². The second kappa shape index (κ2) is 5.24. The monoisotopic (exact) mass is 313 g/mol. The first-order valence-corrected chi connectivity index (χ1v) is 9.38. The lowest BCUT2D eigenvalue weighted by atomic mass is 9.77. The summed E-state index contributed by atoms with van der Waals surface area (Å²) in [5.74, 6) is 0.839. The quantitative estimate of drug-likeness (QED) is 0.702. The Bertz CT molecular complexity index is 806. The number of aryl methyl sites for hydroxylation is 1. The van der Waals surface area contributed by atoms with Crippen molar-refractivity contribution in [2.45, 2.75) is 38.5 Å². The van der Waals surface area contributed by atoms with Gasteiger partial charge in [-0.25, -0.2) is 4.21 Å². The number of hydrogen-bond acceptors (Lipinski definition) is 2. The van der Waals surface area contributed by atoms with Crippen molar-refractivity contribution in [2.24, 2.45) is 9.78 Å². The highest BCUT2D eigenvalue weighted by atomic mass is 32.2. The van der Waals surface area contributed by atoms with E-state index in [1.807, 2.05) is 49.4 Å². The molecule has 22 heavy (non-hydrogen) atoms. The van der Waals surface area contributed by atoms with Crippen LogP contribution in [0.15, 0.2) is 57.8 Å². The van der Waals surface area contributed by atoms with Crippen molar-refractivity contribution in [3.8, 4) is 0 Å². The van der Waals surface area contributed by atoms with Gasteiger partial charge >= 0.3 is 0 Å². The predicted molar refractivity (Wildman–Crippen MR) is 93.2 cm³/mol. The third-order valence-corrected chi connectivity index (χ3v) is 6.67. The summed E-state index contributed by atoms with van der Waals surface area (Å²) in [6, 6.07) is 16.1. The fourth-order valence-electron chi connectivity index (χ4n) is 2.99. The molecular formula is C19H23NOS. The maximum Gasteiger partial charge on any atom is 0.0806 e. The molecule has 0 N–H and O–H groups in total. The first kappa shape index (κ1) is 15.3. The predicted octanol–water partition coefficient (Wildman–Crippen LogP) is 5.30. The summed E-state index contributed by atoms with van der Waals surface area (Å²) < 4.78 is 18.2. The Morgan fingerprint density at radius 1 is 1.05 bits per heavy atom. The van der Waals surface area contributed by atoms with Gasteiger partial charge in [0.25, 0.3) is 0 Å². The first-order chi connectivity index (χ1) is 10.3. The summed E-state index contributed by atoms with van der Waals surface area (Å²) in [6.45, 7) is 8.69. The molecule has 0 saturated heterocycles. The molecule has 2 aromatic rings. The van der Waals surface area contributed by atoms with Gasteiger partial charge in [0.15, 0.2) is 0 Å². The molecule has 0 spiro atoms. The van der Waals surface area contributed by atoms with Gasteiger partial charge in [-0.3, -0.25) is 0 Å². The van der Waals surface area contributed by atoms with Crippen molar-refractivity contribution in [2.75, 3.05) is 5.75 Å². The maximum absolute atomic E-state index is 13.6. The van der Waals surface area contributed by atoms with Gasteiger partial charge in [0.1, 0.15) is 0 Å². The van der Waals surface area contributed by atoms with Crippen LogP contribution in [0.3, 0.4) is 0 Å². The van der Waals surface area contributed by atoms with Crippen LogP contribution < -0.4 is 0 Å². The Morgan fingerprint density at radius 2 is 1.68 bits per heavy atom. The van der Waals surface area contributed by atoms with Crippen molar-refractivity contribution >= 4 is 15.4 Å². The van der Waals surface area contributed by atoms with Crippen molar-refractivity contribution in [1.82, 2.24) is 0 Å². The fraction of sp³-hybridized carbons (Fsp3) is 0.368. The smallest absolute Gasteiger partial charge is 0.0806 e. The van der Waals surface area contributed by atoms with E-state index in [-0.39, 0.29) is 11.3 Å². The minimum atomic E-state index is -2.41. The topological polar surface area (TPSA) is 29.4 Å². The SMILES string of the molecule is Cc1ccc(S2(=O)=Nc3ccccc3[C@@H](C(C)(C)C)C2)cc1. The molecule has 2 nitrogen and oxygen atoms in total. The molecule has 2 atom stereocenters. The average Bonchev–Trinajstić information content (AvgIpc) is 2.46. The Hall–Kier alpha value is -1.61. The Morgan fingerprint density at radius 3 is 2.32 bits per heavy atom. The minimum absolute atomic E-state index is 0.0550. The Kier molecular flexibility index (Phi) is 3.64. The average molecular weight is 313 g/mol. The highest BCUT2D eigenvalue weighted by Gasteiger charge is 2.35. The van der Waals surface area contributed by atoms with Crippen LogP contribution in [-0.4, -0.2) is 9.96 Å². The Labute approximate surface area is 133 Å². The summed E-state index contributed by atoms with van der Waals surface area (Å²) in [6.07, 6.45) is 0. The second-order valence-electron chi connectivity index (χ2n) is 7.19. The molecule has 0 radical (unpaired) electrons. The number of nitrogens with zero attached hydrogens (tertiary/aromatic N) is 1. The van der Waals surface area contributed by atoms with Crippen LogP contribution >= 0.6 is 0 Å². The molecule has 3 heteroatoms. The van der Waals surface area contributed by atoms with Gasteiger partial charge in [-0.2, -0.15) is 4.36 Å². The van der Waals surface area contributed by atoms with Crippen LogP contribution in [0.1, 0.15) is 37.8 Å². The van der Waals surface area contributed by atoms with Gasteiger partial charge < -0.3 is 0 Å². The van der Waals surface area contributed by atoms with Gasteiger partial charge in [-0.05, 0) is 36.1 Å². The molecule has 3 rings (SSSR count). The summed E-state index contributed by atoms with van der Waals surface area (Å²) in [5, 5.41) is 0. The van der Waals surface area contributed by atoms with Crippen molar-refractivity contribution < 1.29 is 4.21 Å². The number of rotatable bonds is 1. The summed E-state index contributed by atoms with van der Waals surface area (Å²) >= 11 is 0. The number of fused-ring (bicyclic) bond motifs is 1. The molecule has 0 amide bonds. The summed E-state index contributed by atoms with van der Waals surface area (Å²) in [7, 11) is -2.41. The third kappa shape index (κ3) is 2.70. The summed E-state index contributed by atoms with van der Waals surface area (Å²) in [5.41, 5.74) is 3.34. The fourth-order valence-corrected chi connectivity index (χ4v) is 5.54. The second-order valence-corrected chi connectivity index (χ2v) is 9.46. The molecule has 0 saturated carbocycles. The van der Waals surface area contributed by atoms with E-state index < -0.39 is 9.73 Å². The molecular weight excluding hydrogens is 290 g/mol. The van der Waals surface area contributed by atoms with Crippen LogP contribution in [0, 0.1) is 12.3 Å². The lowest BCUT2D eigenvalue weighted by Crippen LogP contribution is -2.28. The normalized spacial score (nSPS) is 24.5. The van der Waals surface area contributed by atoms with Crippen molar-refractivity contribution in [3.05, 3.63) is 59.7 Å². The van der Waals surface area contributed by atoms with Crippen LogP contribution in [-0.2, 0) is 9.73 Å². The lowest BCUT2D eigenvalue weighted by Gasteiger charge is -2.35. The molecule has 1 unspecified atom stereocenters. The third-order valence-electron chi connectivity index (χ3n) is 4.39. The molecule has 1 aliphatic rings. The first-order valence-electron chi connectivity index (χ1n) is 7.70. The van der Waals surface area contributed by atoms with E-state index in [2.05, 4.69) is 31.2 Å². The molecule has 0 aliphatic carbocycles. The highest BCUT2D eigenvalue weighted by molar-refractivity contribution is 7.93. The zero-order valence-electron chi connectivity index (χ0n) is 13.7. The van der Waals surface area contributed by atoms with E-state index in [4.69, 9.17) is 0 Å². The molecule has 0 aromatic heterocycles.